The Bertz CT molecular complexity index is 1800. The summed E-state index contributed by atoms with van der Waals surface area (Å²) < 4.78 is 2.45. The molecule has 1 heterocycles. The number of phenolic OH excluding ortho intramolecular Hbond substituents is 2. The number of aryl methyl sites for hydroxylation is 2. The zero-order valence-electron chi connectivity index (χ0n) is 30.3. The Morgan fingerprint density at radius 1 is 0.816 bits per heavy atom. The van der Waals surface area contributed by atoms with Crippen LogP contribution in [0.25, 0.3) is 22.0 Å². The van der Waals surface area contributed by atoms with E-state index in [1.807, 2.05) is 44.2 Å². The highest BCUT2D eigenvalue weighted by Gasteiger charge is 2.16. The van der Waals surface area contributed by atoms with Gasteiger partial charge in [-0.25, -0.2) is 0 Å². The van der Waals surface area contributed by atoms with Crippen molar-refractivity contribution in [2.75, 3.05) is 30.3 Å². The fraction of sp³-hybridized carbons (Fsp3) is 0.357. The van der Waals surface area contributed by atoms with E-state index in [4.69, 9.17) is 0 Å². The molecule has 0 fully saturated rings. The van der Waals surface area contributed by atoms with Gasteiger partial charge in [-0.1, -0.05) is 71.0 Å². The van der Waals surface area contributed by atoms with Gasteiger partial charge in [-0.05, 0) is 106 Å². The molecule has 0 spiro atoms. The van der Waals surface area contributed by atoms with Crippen LogP contribution >= 0.6 is 0 Å². The highest BCUT2D eigenvalue weighted by atomic mass is 16.3. The van der Waals surface area contributed by atoms with Crippen molar-refractivity contribution < 1.29 is 15.0 Å². The van der Waals surface area contributed by atoms with Crippen LogP contribution in [0.2, 0.25) is 0 Å². The molecule has 4 aromatic carbocycles. The molecule has 0 aliphatic rings. The molecule has 0 aliphatic heterocycles. The number of anilines is 3. The summed E-state index contributed by atoms with van der Waals surface area (Å²) in [5.74, 6) is 0.151. The van der Waals surface area contributed by atoms with Crippen molar-refractivity contribution in [3.8, 4) is 22.6 Å². The van der Waals surface area contributed by atoms with Gasteiger partial charge in [0.1, 0.15) is 11.5 Å². The number of hydrogen-bond donors (Lipinski definition) is 4. The van der Waals surface area contributed by atoms with E-state index in [0.717, 1.165) is 43.3 Å². The monoisotopic (exact) mass is 662 g/mol. The molecule has 0 aliphatic carbocycles. The third-order valence-corrected chi connectivity index (χ3v) is 8.89. The zero-order valence-corrected chi connectivity index (χ0v) is 30.3. The summed E-state index contributed by atoms with van der Waals surface area (Å²) in [6.07, 6.45) is 3.55. The molecule has 0 unspecified atom stereocenters. The SMILES string of the molecule is CC.CCCN(CCCn1c(C)c(C)c2cc(Nc3cccc(C(=O)Nc4cc(O)c(-c5ccccc5)c(O)c4)c3)ccc21)CCC(C)C. The topological polar surface area (TPSA) is 89.8 Å². The molecule has 0 saturated heterocycles. The maximum absolute atomic E-state index is 13.2. The van der Waals surface area contributed by atoms with Crippen molar-refractivity contribution in [1.82, 2.24) is 9.47 Å². The Labute approximate surface area is 292 Å². The van der Waals surface area contributed by atoms with E-state index < -0.39 is 0 Å². The number of amides is 1. The van der Waals surface area contributed by atoms with Crippen molar-refractivity contribution >= 4 is 33.9 Å². The Morgan fingerprint density at radius 2 is 1.51 bits per heavy atom. The number of hydrogen-bond acceptors (Lipinski definition) is 5. The van der Waals surface area contributed by atoms with Crippen LogP contribution in [0.15, 0.2) is 84.9 Å². The van der Waals surface area contributed by atoms with Crippen LogP contribution in [0, 0.1) is 19.8 Å². The van der Waals surface area contributed by atoms with Crippen LogP contribution in [-0.4, -0.2) is 45.2 Å². The molecule has 4 N–H and O–H groups in total. The van der Waals surface area contributed by atoms with Gasteiger partial charge in [0, 0.05) is 57.9 Å². The van der Waals surface area contributed by atoms with E-state index in [0.29, 0.717) is 22.4 Å². The minimum atomic E-state index is -0.347. The quantitative estimate of drug-likeness (QED) is 0.0950. The number of phenols is 2. The number of aromatic hydroxyl groups is 2. The highest BCUT2D eigenvalue weighted by Crippen LogP contribution is 2.40. The number of carbonyl (C=O) groups is 1. The van der Waals surface area contributed by atoms with Crippen LogP contribution < -0.4 is 10.6 Å². The minimum absolute atomic E-state index is 0.114. The van der Waals surface area contributed by atoms with Gasteiger partial charge in [-0.15, -0.1) is 0 Å². The first-order chi connectivity index (χ1) is 23.6. The molecule has 0 saturated carbocycles. The van der Waals surface area contributed by atoms with Gasteiger partial charge in [0.25, 0.3) is 5.91 Å². The number of rotatable bonds is 14. The largest absolute Gasteiger partial charge is 0.507 e. The lowest BCUT2D eigenvalue weighted by Crippen LogP contribution is -2.28. The van der Waals surface area contributed by atoms with E-state index in [2.05, 4.69) is 72.9 Å². The van der Waals surface area contributed by atoms with Gasteiger partial charge >= 0.3 is 0 Å². The first-order valence-electron chi connectivity index (χ1n) is 17.8. The molecule has 0 bridgehead atoms. The normalized spacial score (nSPS) is 11.1. The van der Waals surface area contributed by atoms with Gasteiger partial charge in [-0.3, -0.25) is 4.79 Å². The van der Waals surface area contributed by atoms with Crippen molar-refractivity contribution in [2.24, 2.45) is 5.92 Å². The first kappa shape index (κ1) is 37.1. The summed E-state index contributed by atoms with van der Waals surface area (Å²) in [5, 5.41) is 28.8. The summed E-state index contributed by atoms with van der Waals surface area (Å²) in [6, 6.07) is 25.8. The van der Waals surface area contributed by atoms with E-state index in [1.165, 1.54) is 53.7 Å². The standard InChI is InChI=1S/C40H48N4O3.C2H6/c1-6-19-43(22-18-27(2)3)20-11-21-44-29(5)28(4)35-24-33(16-17-36(35)44)41-32-15-10-14-31(23-32)40(47)42-34-25-37(45)39(38(46)26-34)30-12-8-7-9-13-30;1-2/h7-10,12-17,23-27,41,45-46H,6,11,18-22H2,1-5H3,(H,42,47);1-2H3. The molecular formula is C42H54N4O3. The van der Waals surface area contributed by atoms with Crippen LogP contribution in [0.1, 0.15) is 75.5 Å². The van der Waals surface area contributed by atoms with Crippen molar-refractivity contribution in [1.29, 1.82) is 0 Å². The summed E-state index contributed by atoms with van der Waals surface area (Å²) in [6.45, 7) is 19.7. The molecular weight excluding hydrogens is 608 g/mol. The number of aromatic nitrogens is 1. The fourth-order valence-corrected chi connectivity index (χ4v) is 6.25. The Hall–Kier alpha value is -4.75. The van der Waals surface area contributed by atoms with Gasteiger partial charge in [0.05, 0.1) is 5.56 Å². The molecule has 1 amide bonds. The van der Waals surface area contributed by atoms with E-state index >= 15 is 0 Å². The summed E-state index contributed by atoms with van der Waals surface area (Å²) >= 11 is 0. The van der Waals surface area contributed by atoms with Crippen LogP contribution in [-0.2, 0) is 6.54 Å². The second-order valence-electron chi connectivity index (χ2n) is 12.9. The van der Waals surface area contributed by atoms with Crippen molar-refractivity contribution in [3.63, 3.8) is 0 Å². The predicted octanol–water partition coefficient (Wildman–Crippen LogP) is 10.5. The number of nitrogens with one attached hydrogen (secondary N) is 2. The second-order valence-corrected chi connectivity index (χ2v) is 12.9. The molecule has 7 heteroatoms. The lowest BCUT2D eigenvalue weighted by molar-refractivity contribution is 0.102. The molecule has 7 nitrogen and oxygen atoms in total. The second kappa shape index (κ2) is 17.6. The molecule has 49 heavy (non-hydrogen) atoms. The number of benzene rings is 4. The van der Waals surface area contributed by atoms with Crippen LogP contribution in [0.3, 0.4) is 0 Å². The maximum atomic E-state index is 13.2. The Kier molecular flexibility index (Phi) is 13.3. The number of fused-ring (bicyclic) bond motifs is 1. The van der Waals surface area contributed by atoms with Crippen LogP contribution in [0.5, 0.6) is 11.5 Å². The average molecular weight is 663 g/mol. The highest BCUT2D eigenvalue weighted by molar-refractivity contribution is 6.05. The molecule has 5 aromatic rings. The maximum Gasteiger partial charge on any atom is 0.255 e. The third kappa shape index (κ3) is 9.45. The molecule has 0 atom stereocenters. The smallest absolute Gasteiger partial charge is 0.255 e. The van der Waals surface area contributed by atoms with Crippen LogP contribution in [0.4, 0.5) is 17.1 Å². The van der Waals surface area contributed by atoms with E-state index in [-0.39, 0.29) is 17.4 Å². The molecule has 260 valence electrons. The number of nitrogens with zero attached hydrogens (tertiary/aromatic N) is 2. The molecule has 1 aromatic heterocycles. The third-order valence-electron chi connectivity index (χ3n) is 8.89. The Balaban J connectivity index is 0.00000265. The molecule has 5 rings (SSSR count). The van der Waals surface area contributed by atoms with E-state index in [1.54, 1.807) is 24.3 Å². The molecule has 0 radical (unpaired) electrons. The first-order valence-corrected chi connectivity index (χ1v) is 17.8. The van der Waals surface area contributed by atoms with Crippen molar-refractivity contribution in [3.05, 3.63) is 102 Å². The summed E-state index contributed by atoms with van der Waals surface area (Å²) in [4.78, 5) is 15.8. The fourth-order valence-electron chi connectivity index (χ4n) is 6.25. The lowest BCUT2D eigenvalue weighted by Gasteiger charge is -2.23. The average Bonchev–Trinajstić information content (AvgIpc) is 3.32. The Morgan fingerprint density at radius 3 is 2.18 bits per heavy atom. The summed E-state index contributed by atoms with van der Waals surface area (Å²) in [5.41, 5.74) is 7.32. The zero-order chi connectivity index (χ0) is 35.5. The minimum Gasteiger partial charge on any atom is -0.507 e. The summed E-state index contributed by atoms with van der Waals surface area (Å²) in [7, 11) is 0. The van der Waals surface area contributed by atoms with Gasteiger partial charge in [-0.2, -0.15) is 0 Å². The van der Waals surface area contributed by atoms with Gasteiger partial charge in [0.2, 0.25) is 0 Å². The lowest BCUT2D eigenvalue weighted by atomic mass is 10.0. The van der Waals surface area contributed by atoms with Gasteiger partial charge < -0.3 is 30.3 Å². The van der Waals surface area contributed by atoms with E-state index in [9.17, 15) is 15.0 Å². The predicted molar refractivity (Wildman–Crippen MR) is 206 cm³/mol. The van der Waals surface area contributed by atoms with Gasteiger partial charge in [0.15, 0.2) is 0 Å². The number of carbonyl (C=O) groups excluding carboxylic acids is 1. The van der Waals surface area contributed by atoms with Crippen molar-refractivity contribution in [2.45, 2.75) is 74.3 Å².